The SMILES string of the molecule is O=C(CC(O)c1cccc(F)c1)Nc1cccc(F)c1. The maximum absolute atomic E-state index is 13.0. The van der Waals surface area contributed by atoms with Crippen LogP contribution >= 0.6 is 0 Å². The fourth-order valence-corrected chi connectivity index (χ4v) is 1.79. The molecule has 2 aromatic rings. The van der Waals surface area contributed by atoms with E-state index < -0.39 is 23.6 Å². The third kappa shape index (κ3) is 3.86. The van der Waals surface area contributed by atoms with Crippen molar-refractivity contribution in [2.75, 3.05) is 5.32 Å². The van der Waals surface area contributed by atoms with E-state index in [1.807, 2.05) is 0 Å². The first-order valence-electron chi connectivity index (χ1n) is 6.03. The van der Waals surface area contributed by atoms with Crippen LogP contribution < -0.4 is 5.32 Å². The number of anilines is 1. The van der Waals surface area contributed by atoms with Gasteiger partial charge in [0, 0.05) is 5.69 Å². The van der Waals surface area contributed by atoms with Crippen LogP contribution in [0.1, 0.15) is 18.1 Å². The summed E-state index contributed by atoms with van der Waals surface area (Å²) in [5.74, 6) is -1.42. The first kappa shape index (κ1) is 14.1. The molecule has 0 fully saturated rings. The Morgan fingerprint density at radius 3 is 2.40 bits per heavy atom. The van der Waals surface area contributed by atoms with E-state index >= 15 is 0 Å². The van der Waals surface area contributed by atoms with Gasteiger partial charge in [0.15, 0.2) is 0 Å². The lowest BCUT2D eigenvalue weighted by Gasteiger charge is -2.11. The molecule has 1 unspecified atom stereocenters. The zero-order valence-corrected chi connectivity index (χ0v) is 10.5. The highest BCUT2D eigenvalue weighted by atomic mass is 19.1. The van der Waals surface area contributed by atoms with Crippen molar-refractivity contribution in [1.82, 2.24) is 0 Å². The average molecular weight is 277 g/mol. The number of rotatable bonds is 4. The van der Waals surface area contributed by atoms with Gasteiger partial charge in [-0.2, -0.15) is 0 Å². The number of amides is 1. The number of halogens is 2. The number of hydrogen-bond donors (Lipinski definition) is 2. The molecule has 0 aliphatic carbocycles. The quantitative estimate of drug-likeness (QED) is 0.902. The Morgan fingerprint density at radius 1 is 1.10 bits per heavy atom. The summed E-state index contributed by atoms with van der Waals surface area (Å²) in [6, 6.07) is 10.8. The van der Waals surface area contributed by atoms with Gasteiger partial charge in [-0.05, 0) is 35.9 Å². The summed E-state index contributed by atoms with van der Waals surface area (Å²) >= 11 is 0. The number of nitrogens with one attached hydrogen (secondary N) is 1. The number of hydrogen-bond acceptors (Lipinski definition) is 2. The van der Waals surface area contributed by atoms with Crippen molar-refractivity contribution in [3.63, 3.8) is 0 Å². The highest BCUT2D eigenvalue weighted by molar-refractivity contribution is 5.91. The second kappa shape index (κ2) is 6.25. The van der Waals surface area contributed by atoms with E-state index in [0.717, 1.165) is 0 Å². The first-order chi connectivity index (χ1) is 9.54. The van der Waals surface area contributed by atoms with E-state index in [2.05, 4.69) is 5.32 Å². The van der Waals surface area contributed by atoms with Gasteiger partial charge in [0.25, 0.3) is 0 Å². The van der Waals surface area contributed by atoms with Crippen molar-refractivity contribution in [3.05, 3.63) is 65.7 Å². The molecule has 5 heteroatoms. The van der Waals surface area contributed by atoms with Gasteiger partial charge in [-0.1, -0.05) is 18.2 Å². The van der Waals surface area contributed by atoms with E-state index in [0.29, 0.717) is 11.3 Å². The van der Waals surface area contributed by atoms with Gasteiger partial charge in [-0.15, -0.1) is 0 Å². The molecule has 0 saturated heterocycles. The van der Waals surface area contributed by atoms with Crippen LogP contribution in [0.4, 0.5) is 14.5 Å². The Bertz CT molecular complexity index is 616. The number of carbonyl (C=O) groups excluding carboxylic acids is 1. The molecule has 0 spiro atoms. The Hall–Kier alpha value is -2.27. The molecule has 0 bridgehead atoms. The van der Waals surface area contributed by atoms with Crippen molar-refractivity contribution in [2.24, 2.45) is 0 Å². The van der Waals surface area contributed by atoms with Crippen molar-refractivity contribution in [3.8, 4) is 0 Å². The van der Waals surface area contributed by atoms with Gasteiger partial charge in [-0.25, -0.2) is 8.78 Å². The maximum Gasteiger partial charge on any atom is 0.227 e. The molecule has 3 nitrogen and oxygen atoms in total. The van der Waals surface area contributed by atoms with Crippen LogP contribution in [0.5, 0.6) is 0 Å². The molecule has 2 rings (SSSR count). The Morgan fingerprint density at radius 2 is 1.75 bits per heavy atom. The minimum atomic E-state index is -1.11. The molecule has 0 heterocycles. The summed E-state index contributed by atoms with van der Waals surface area (Å²) in [5.41, 5.74) is 0.626. The van der Waals surface area contributed by atoms with Gasteiger partial charge < -0.3 is 10.4 Å². The van der Waals surface area contributed by atoms with Crippen LogP contribution in [0.3, 0.4) is 0 Å². The maximum atomic E-state index is 13.0. The highest BCUT2D eigenvalue weighted by Gasteiger charge is 2.13. The summed E-state index contributed by atoms with van der Waals surface area (Å²) in [6.45, 7) is 0. The normalized spacial score (nSPS) is 11.9. The standard InChI is InChI=1S/C15H13F2NO2/c16-11-4-1-3-10(7-11)14(19)9-15(20)18-13-6-2-5-12(17)8-13/h1-8,14,19H,9H2,(H,18,20). The third-order valence-electron chi connectivity index (χ3n) is 2.72. The Kier molecular flexibility index (Phi) is 4.42. The molecule has 20 heavy (non-hydrogen) atoms. The fourth-order valence-electron chi connectivity index (χ4n) is 1.79. The van der Waals surface area contributed by atoms with Gasteiger partial charge in [0.2, 0.25) is 5.91 Å². The molecule has 0 aliphatic heterocycles. The van der Waals surface area contributed by atoms with Gasteiger partial charge in [-0.3, -0.25) is 4.79 Å². The fraction of sp³-hybridized carbons (Fsp3) is 0.133. The second-order valence-electron chi connectivity index (χ2n) is 4.33. The number of benzene rings is 2. The van der Waals surface area contributed by atoms with Crippen LogP contribution in [0.25, 0.3) is 0 Å². The van der Waals surface area contributed by atoms with E-state index in [1.54, 1.807) is 0 Å². The van der Waals surface area contributed by atoms with E-state index in [-0.39, 0.29) is 6.42 Å². The number of aliphatic hydroxyl groups excluding tert-OH is 1. The number of carbonyl (C=O) groups is 1. The van der Waals surface area contributed by atoms with Crippen molar-refractivity contribution in [1.29, 1.82) is 0 Å². The zero-order valence-electron chi connectivity index (χ0n) is 10.5. The molecule has 0 aromatic heterocycles. The predicted octanol–water partition coefficient (Wildman–Crippen LogP) is 3.03. The van der Waals surface area contributed by atoms with Gasteiger partial charge >= 0.3 is 0 Å². The molecule has 1 atom stereocenters. The summed E-state index contributed by atoms with van der Waals surface area (Å²) in [7, 11) is 0. The van der Waals surface area contributed by atoms with E-state index in [9.17, 15) is 18.7 Å². The Labute approximate surface area is 114 Å². The molecular weight excluding hydrogens is 264 g/mol. The zero-order chi connectivity index (χ0) is 14.5. The summed E-state index contributed by atoms with van der Waals surface area (Å²) in [6.07, 6.45) is -1.35. The first-order valence-corrected chi connectivity index (χ1v) is 6.03. The van der Waals surface area contributed by atoms with Gasteiger partial charge in [0.05, 0.1) is 12.5 Å². The van der Waals surface area contributed by atoms with Crippen LogP contribution in [0.15, 0.2) is 48.5 Å². The predicted molar refractivity (Wildman–Crippen MR) is 71.0 cm³/mol. The average Bonchev–Trinajstić information content (AvgIpc) is 2.38. The minimum absolute atomic E-state index is 0.236. The van der Waals surface area contributed by atoms with Crippen LogP contribution in [-0.2, 0) is 4.79 Å². The topological polar surface area (TPSA) is 49.3 Å². The molecule has 0 saturated carbocycles. The summed E-state index contributed by atoms with van der Waals surface area (Å²) in [4.78, 5) is 11.7. The molecule has 2 aromatic carbocycles. The molecule has 2 N–H and O–H groups in total. The lowest BCUT2D eigenvalue weighted by atomic mass is 10.1. The lowest BCUT2D eigenvalue weighted by molar-refractivity contribution is -0.118. The van der Waals surface area contributed by atoms with Crippen LogP contribution in [0, 0.1) is 11.6 Å². The minimum Gasteiger partial charge on any atom is -0.388 e. The van der Waals surface area contributed by atoms with E-state index in [4.69, 9.17) is 0 Å². The van der Waals surface area contributed by atoms with Gasteiger partial charge in [0.1, 0.15) is 11.6 Å². The molecule has 104 valence electrons. The Balaban J connectivity index is 1.97. The van der Waals surface area contributed by atoms with Crippen molar-refractivity contribution in [2.45, 2.75) is 12.5 Å². The number of aliphatic hydroxyl groups is 1. The lowest BCUT2D eigenvalue weighted by Crippen LogP contribution is -2.15. The van der Waals surface area contributed by atoms with Crippen molar-refractivity contribution >= 4 is 11.6 Å². The van der Waals surface area contributed by atoms with Crippen molar-refractivity contribution < 1.29 is 18.7 Å². The third-order valence-corrected chi connectivity index (χ3v) is 2.72. The van der Waals surface area contributed by atoms with Crippen LogP contribution in [-0.4, -0.2) is 11.0 Å². The largest absolute Gasteiger partial charge is 0.388 e. The highest BCUT2D eigenvalue weighted by Crippen LogP contribution is 2.18. The molecule has 0 radical (unpaired) electrons. The molecular formula is C15H13F2NO2. The molecule has 0 aliphatic rings. The second-order valence-corrected chi connectivity index (χ2v) is 4.33. The molecule has 1 amide bonds. The van der Waals surface area contributed by atoms with Crippen LogP contribution in [0.2, 0.25) is 0 Å². The summed E-state index contributed by atoms with van der Waals surface area (Å²) in [5, 5.41) is 12.3. The van der Waals surface area contributed by atoms with E-state index in [1.165, 1.54) is 48.5 Å². The monoisotopic (exact) mass is 277 g/mol. The summed E-state index contributed by atoms with van der Waals surface area (Å²) < 4.78 is 26.0. The smallest absolute Gasteiger partial charge is 0.227 e.